The normalized spacial score (nSPS) is 16.4. The molecule has 0 saturated carbocycles. The van der Waals surface area contributed by atoms with Crippen molar-refractivity contribution in [2.24, 2.45) is 4.99 Å². The lowest BCUT2D eigenvalue weighted by atomic mass is 9.93. The maximum Gasteiger partial charge on any atom is 0.338 e. The van der Waals surface area contributed by atoms with Crippen molar-refractivity contribution < 1.29 is 28.5 Å². The predicted octanol–water partition coefficient (Wildman–Crippen LogP) is 3.57. The lowest BCUT2D eigenvalue weighted by Gasteiger charge is -2.36. The van der Waals surface area contributed by atoms with Crippen LogP contribution >= 0.6 is 11.8 Å². The van der Waals surface area contributed by atoms with Gasteiger partial charge in [-0.15, -0.1) is 0 Å². The first kappa shape index (κ1) is 27.2. The van der Waals surface area contributed by atoms with Crippen LogP contribution < -0.4 is 14.8 Å². The second-order valence-corrected chi connectivity index (χ2v) is 9.28. The van der Waals surface area contributed by atoms with E-state index in [1.54, 1.807) is 46.7 Å². The van der Waals surface area contributed by atoms with Crippen LogP contribution in [0.5, 0.6) is 11.5 Å². The van der Waals surface area contributed by atoms with Crippen molar-refractivity contribution in [3.63, 3.8) is 0 Å². The number of methoxy groups -OCH3 is 3. The van der Waals surface area contributed by atoms with E-state index in [0.29, 0.717) is 34.5 Å². The Morgan fingerprint density at radius 2 is 1.82 bits per heavy atom. The number of aliphatic imine (C=N–C) groups is 1. The highest BCUT2D eigenvalue weighted by Gasteiger charge is 2.41. The first-order valence-electron chi connectivity index (χ1n) is 11.9. The number of hydrogen-bond donors (Lipinski definition) is 1. The molecular formula is C27H30N4O6S. The van der Waals surface area contributed by atoms with E-state index in [1.165, 1.54) is 11.8 Å². The average molecular weight is 539 g/mol. The summed E-state index contributed by atoms with van der Waals surface area (Å²) in [6.45, 7) is 2.55. The highest BCUT2D eigenvalue weighted by atomic mass is 32.2. The van der Waals surface area contributed by atoms with Gasteiger partial charge in [0.2, 0.25) is 5.91 Å². The quantitative estimate of drug-likeness (QED) is 0.339. The van der Waals surface area contributed by atoms with Gasteiger partial charge in [-0.1, -0.05) is 17.8 Å². The van der Waals surface area contributed by atoms with Crippen LogP contribution in [0, 0.1) is 0 Å². The van der Waals surface area contributed by atoms with Gasteiger partial charge in [0.05, 0.1) is 44.6 Å². The van der Waals surface area contributed by atoms with E-state index < -0.39 is 12.0 Å². The third kappa shape index (κ3) is 6.00. The largest absolute Gasteiger partial charge is 0.493 e. The number of hydrogen-bond acceptors (Lipinski definition) is 10. The second kappa shape index (κ2) is 12.6. The summed E-state index contributed by atoms with van der Waals surface area (Å²) < 4.78 is 21.5. The minimum absolute atomic E-state index is 0.103. The number of rotatable bonds is 11. The molecule has 0 bridgehead atoms. The van der Waals surface area contributed by atoms with E-state index in [0.717, 1.165) is 16.8 Å². The number of esters is 1. The predicted molar refractivity (Wildman–Crippen MR) is 143 cm³/mol. The van der Waals surface area contributed by atoms with Gasteiger partial charge >= 0.3 is 5.97 Å². The van der Waals surface area contributed by atoms with Crippen molar-refractivity contribution >= 4 is 28.8 Å². The van der Waals surface area contributed by atoms with Crippen molar-refractivity contribution in [2.75, 3.05) is 34.5 Å². The van der Waals surface area contributed by atoms with E-state index in [1.807, 2.05) is 34.6 Å². The third-order valence-corrected chi connectivity index (χ3v) is 6.93. The van der Waals surface area contributed by atoms with E-state index in [-0.39, 0.29) is 25.5 Å². The van der Waals surface area contributed by atoms with E-state index >= 15 is 0 Å². The van der Waals surface area contributed by atoms with Gasteiger partial charge in [-0.3, -0.25) is 9.78 Å². The van der Waals surface area contributed by atoms with Gasteiger partial charge in [-0.2, -0.15) is 0 Å². The first-order chi connectivity index (χ1) is 18.5. The molecule has 0 saturated heterocycles. The third-order valence-electron chi connectivity index (χ3n) is 6.05. The molecule has 1 N–H and O–H groups in total. The van der Waals surface area contributed by atoms with Gasteiger partial charge in [0, 0.05) is 31.7 Å². The van der Waals surface area contributed by atoms with Gasteiger partial charge in [0.1, 0.15) is 6.61 Å². The number of carbonyl (C=O) groups is 2. The number of amidine groups is 1. The fraction of sp³-hybridized carbons (Fsp3) is 0.333. The minimum atomic E-state index is -0.591. The van der Waals surface area contributed by atoms with Crippen LogP contribution in [0.1, 0.15) is 30.5 Å². The summed E-state index contributed by atoms with van der Waals surface area (Å²) in [5, 5.41) is 5.52. The molecule has 0 radical (unpaired) electrons. The van der Waals surface area contributed by atoms with Crippen molar-refractivity contribution in [1.82, 2.24) is 15.2 Å². The second-order valence-electron chi connectivity index (χ2n) is 8.45. The molecule has 10 nitrogen and oxygen atoms in total. The van der Waals surface area contributed by atoms with Crippen LogP contribution in [0.15, 0.2) is 70.1 Å². The number of aromatic nitrogens is 1. The topological polar surface area (TPSA) is 112 Å². The zero-order chi connectivity index (χ0) is 27.1. The zero-order valence-electron chi connectivity index (χ0n) is 21.7. The zero-order valence-corrected chi connectivity index (χ0v) is 22.5. The molecule has 11 heteroatoms. The molecule has 2 aliphatic rings. The van der Waals surface area contributed by atoms with Crippen LogP contribution in [-0.2, 0) is 25.6 Å². The van der Waals surface area contributed by atoms with Crippen LogP contribution in [0.4, 0.5) is 0 Å². The molecule has 4 rings (SSSR count). The number of benzene rings is 1. The smallest absolute Gasteiger partial charge is 0.338 e. The summed E-state index contributed by atoms with van der Waals surface area (Å²) in [5.74, 6) is 0.427. The summed E-state index contributed by atoms with van der Waals surface area (Å²) in [6, 6.07) is 8.59. The Morgan fingerprint density at radius 1 is 1.05 bits per heavy atom. The number of allylic oxidation sites excluding steroid dienone is 1. The Hall–Kier alpha value is -3.83. The van der Waals surface area contributed by atoms with Crippen LogP contribution in [0.2, 0.25) is 0 Å². The Kier molecular flexibility index (Phi) is 9.03. The van der Waals surface area contributed by atoms with Crippen molar-refractivity contribution in [3.05, 3.63) is 76.2 Å². The highest BCUT2D eigenvalue weighted by Crippen LogP contribution is 2.46. The fourth-order valence-electron chi connectivity index (χ4n) is 4.19. The standard InChI is InChI=1S/C27H30N4O6S/c1-17-24(26(33)37-12-11-34-2)25(19-5-6-21(35-3)22(13-19)36-4)31-20(16-38-27(31)30-17)14-23(32)29-15-18-7-9-28-10-8-18/h5-10,13,16,25H,11-12,14-15H2,1-4H3,(H,29,32). The molecule has 1 amide bonds. The van der Waals surface area contributed by atoms with E-state index in [9.17, 15) is 9.59 Å². The van der Waals surface area contributed by atoms with Gasteiger partial charge in [0.25, 0.3) is 0 Å². The molecule has 1 aromatic carbocycles. The number of amides is 1. The molecule has 1 aromatic heterocycles. The van der Waals surface area contributed by atoms with Crippen molar-refractivity contribution in [3.8, 4) is 11.5 Å². The van der Waals surface area contributed by atoms with Gasteiger partial charge in [-0.05, 0) is 47.7 Å². The van der Waals surface area contributed by atoms with Crippen molar-refractivity contribution in [2.45, 2.75) is 25.9 Å². The molecule has 3 heterocycles. The monoisotopic (exact) mass is 538 g/mol. The van der Waals surface area contributed by atoms with Crippen LogP contribution in [-0.4, -0.2) is 61.5 Å². The number of thioether (sulfide) groups is 1. The Bertz CT molecular complexity index is 1280. The fourth-order valence-corrected chi connectivity index (χ4v) is 5.16. The number of nitrogens with one attached hydrogen (secondary N) is 1. The molecule has 2 aliphatic heterocycles. The minimum Gasteiger partial charge on any atom is -0.493 e. The molecular weight excluding hydrogens is 508 g/mol. The molecule has 2 aromatic rings. The summed E-state index contributed by atoms with van der Waals surface area (Å²) >= 11 is 1.41. The molecule has 0 aliphatic carbocycles. The maximum atomic E-state index is 13.3. The highest BCUT2D eigenvalue weighted by molar-refractivity contribution is 8.16. The van der Waals surface area contributed by atoms with Crippen LogP contribution in [0.25, 0.3) is 0 Å². The van der Waals surface area contributed by atoms with E-state index in [2.05, 4.69) is 15.3 Å². The summed E-state index contributed by atoms with van der Waals surface area (Å²) in [4.78, 5) is 36.9. The van der Waals surface area contributed by atoms with Gasteiger partial charge in [0.15, 0.2) is 16.7 Å². The lowest BCUT2D eigenvalue weighted by Crippen LogP contribution is -2.38. The molecule has 0 fully saturated rings. The summed E-state index contributed by atoms with van der Waals surface area (Å²) in [5.41, 5.74) is 3.35. The summed E-state index contributed by atoms with van der Waals surface area (Å²) in [6.07, 6.45) is 3.47. The number of ether oxygens (including phenoxy) is 4. The molecule has 1 unspecified atom stereocenters. The molecule has 0 spiro atoms. The number of nitrogens with zero attached hydrogens (tertiary/aromatic N) is 3. The van der Waals surface area contributed by atoms with Gasteiger partial charge in [-0.25, -0.2) is 9.79 Å². The number of carbonyl (C=O) groups excluding carboxylic acids is 2. The van der Waals surface area contributed by atoms with E-state index in [4.69, 9.17) is 18.9 Å². The number of fused-ring (bicyclic) bond motifs is 1. The lowest BCUT2D eigenvalue weighted by molar-refractivity contribution is -0.141. The molecule has 200 valence electrons. The maximum absolute atomic E-state index is 13.3. The van der Waals surface area contributed by atoms with Crippen molar-refractivity contribution in [1.29, 1.82) is 0 Å². The Labute approximate surface area is 225 Å². The SMILES string of the molecule is COCCOC(=O)C1=C(C)N=C2SC=C(CC(=O)NCc3ccncc3)N2C1c1ccc(OC)c(OC)c1. The van der Waals surface area contributed by atoms with Crippen LogP contribution in [0.3, 0.4) is 0 Å². The average Bonchev–Trinajstić information content (AvgIpc) is 3.32. The first-order valence-corrected chi connectivity index (χ1v) is 12.8. The summed E-state index contributed by atoms with van der Waals surface area (Å²) in [7, 11) is 4.66. The molecule has 1 atom stereocenters. The molecule has 38 heavy (non-hydrogen) atoms. The Balaban J connectivity index is 1.65. The number of pyridine rings is 1. The van der Waals surface area contributed by atoms with Gasteiger partial charge < -0.3 is 29.2 Å². The Morgan fingerprint density at radius 3 is 2.53 bits per heavy atom.